The fourth-order valence-electron chi connectivity index (χ4n) is 2.49. The second-order valence-electron chi connectivity index (χ2n) is 5.81. The van der Waals surface area contributed by atoms with Crippen molar-refractivity contribution in [2.75, 3.05) is 7.11 Å². The van der Waals surface area contributed by atoms with Crippen LogP contribution in [0.2, 0.25) is 0 Å². The highest BCUT2D eigenvalue weighted by molar-refractivity contribution is 5.75. The highest BCUT2D eigenvalue weighted by Crippen LogP contribution is 2.31. The van der Waals surface area contributed by atoms with Gasteiger partial charge in [-0.1, -0.05) is 30.3 Å². The Bertz CT molecular complexity index is 972. The summed E-state index contributed by atoms with van der Waals surface area (Å²) in [6.45, 7) is 0.0269. The van der Waals surface area contributed by atoms with Crippen LogP contribution in [-0.2, 0) is 24.1 Å². The van der Waals surface area contributed by atoms with Crippen LogP contribution < -0.4 is 10.1 Å². The van der Waals surface area contributed by atoms with Crippen molar-refractivity contribution in [2.45, 2.75) is 19.3 Å². The molecule has 0 bridgehead atoms. The number of alkyl halides is 3. The summed E-state index contributed by atoms with van der Waals surface area (Å²) < 4.78 is 43.7. The lowest BCUT2D eigenvalue weighted by Gasteiger charge is -2.09. The number of nitrogens with zero attached hydrogens (tertiary/aromatic N) is 4. The molecule has 7 nitrogen and oxygen atoms in total. The van der Waals surface area contributed by atoms with Gasteiger partial charge in [0.05, 0.1) is 12.7 Å². The van der Waals surface area contributed by atoms with Crippen LogP contribution in [0, 0.1) is 0 Å². The summed E-state index contributed by atoms with van der Waals surface area (Å²) in [5, 5.41) is 14.1. The van der Waals surface area contributed by atoms with Crippen molar-refractivity contribution in [3.8, 4) is 17.1 Å². The lowest BCUT2D eigenvalue weighted by atomic mass is 10.1. The van der Waals surface area contributed by atoms with Crippen LogP contribution in [0.3, 0.4) is 0 Å². The molecular formula is C18H16F3N5O2. The molecule has 10 heteroatoms. The summed E-state index contributed by atoms with van der Waals surface area (Å²) in [5.74, 6) is 0.274. The molecule has 0 unspecified atom stereocenters. The number of nitrogens with one attached hydrogen (secondary N) is 1. The van der Waals surface area contributed by atoms with Gasteiger partial charge in [0.1, 0.15) is 12.3 Å². The van der Waals surface area contributed by atoms with Crippen molar-refractivity contribution >= 4 is 5.91 Å². The molecule has 1 aromatic heterocycles. The Kier molecular flexibility index (Phi) is 5.57. The van der Waals surface area contributed by atoms with E-state index >= 15 is 0 Å². The highest BCUT2D eigenvalue weighted by atomic mass is 19.4. The van der Waals surface area contributed by atoms with E-state index in [1.165, 1.54) is 19.2 Å². The van der Waals surface area contributed by atoms with Crippen LogP contribution >= 0.6 is 0 Å². The first-order valence-electron chi connectivity index (χ1n) is 8.21. The number of hydrogen-bond acceptors (Lipinski definition) is 5. The fourth-order valence-corrected chi connectivity index (χ4v) is 2.49. The minimum absolute atomic E-state index is 0.00336. The molecule has 0 spiro atoms. The van der Waals surface area contributed by atoms with E-state index in [0.717, 1.165) is 22.5 Å². The van der Waals surface area contributed by atoms with Crippen LogP contribution in [0.1, 0.15) is 11.1 Å². The predicted molar refractivity (Wildman–Crippen MR) is 93.1 cm³/mol. The van der Waals surface area contributed by atoms with E-state index in [1.54, 1.807) is 6.07 Å². The van der Waals surface area contributed by atoms with Gasteiger partial charge in [-0.3, -0.25) is 4.79 Å². The quantitative estimate of drug-likeness (QED) is 0.699. The zero-order valence-electron chi connectivity index (χ0n) is 14.8. The number of carbonyl (C=O) groups is 1. The molecule has 1 N–H and O–H groups in total. The molecule has 0 aliphatic rings. The SMILES string of the molecule is COc1ccccc1CNC(=O)Cn1nnc(-c2cccc(C(F)(F)F)c2)n1. The van der Waals surface area contributed by atoms with Crippen molar-refractivity contribution in [1.82, 2.24) is 25.5 Å². The summed E-state index contributed by atoms with van der Waals surface area (Å²) in [4.78, 5) is 13.1. The van der Waals surface area contributed by atoms with Gasteiger partial charge < -0.3 is 10.1 Å². The van der Waals surface area contributed by atoms with Gasteiger partial charge in [0.2, 0.25) is 11.7 Å². The monoisotopic (exact) mass is 391 g/mol. The number of benzene rings is 2. The summed E-state index contributed by atoms with van der Waals surface area (Å²) in [7, 11) is 1.54. The second kappa shape index (κ2) is 8.07. The maximum atomic E-state index is 12.8. The molecule has 3 rings (SSSR count). The number of aromatic nitrogens is 4. The fraction of sp³-hybridized carbons (Fsp3) is 0.222. The maximum Gasteiger partial charge on any atom is 0.416 e. The first-order valence-corrected chi connectivity index (χ1v) is 8.21. The number of ether oxygens (including phenoxy) is 1. The van der Waals surface area contributed by atoms with Gasteiger partial charge in [-0.15, -0.1) is 10.2 Å². The molecule has 1 amide bonds. The smallest absolute Gasteiger partial charge is 0.416 e. The van der Waals surface area contributed by atoms with Crippen LogP contribution in [0.15, 0.2) is 48.5 Å². The van der Waals surface area contributed by atoms with Crippen molar-refractivity contribution in [3.63, 3.8) is 0 Å². The average Bonchev–Trinajstić information content (AvgIpc) is 3.14. The molecule has 0 saturated heterocycles. The van der Waals surface area contributed by atoms with Crippen LogP contribution in [0.5, 0.6) is 5.75 Å². The third kappa shape index (κ3) is 4.64. The summed E-state index contributed by atoms with van der Waals surface area (Å²) in [6.07, 6.45) is -4.47. The summed E-state index contributed by atoms with van der Waals surface area (Å²) >= 11 is 0. The Labute approximate surface area is 158 Å². The molecule has 2 aromatic carbocycles. The number of para-hydroxylation sites is 1. The zero-order valence-corrected chi connectivity index (χ0v) is 14.8. The van der Waals surface area contributed by atoms with Gasteiger partial charge >= 0.3 is 6.18 Å². The van der Waals surface area contributed by atoms with Crippen molar-refractivity contribution < 1.29 is 22.7 Å². The van der Waals surface area contributed by atoms with Crippen LogP contribution in [0.4, 0.5) is 13.2 Å². The van der Waals surface area contributed by atoms with Gasteiger partial charge in [-0.25, -0.2) is 0 Å². The van der Waals surface area contributed by atoms with Gasteiger partial charge in [0, 0.05) is 17.7 Å². The lowest BCUT2D eigenvalue weighted by Crippen LogP contribution is -2.28. The molecule has 0 atom stereocenters. The predicted octanol–water partition coefficient (Wildman–Crippen LogP) is 2.68. The van der Waals surface area contributed by atoms with Crippen molar-refractivity contribution in [3.05, 3.63) is 59.7 Å². The maximum absolute atomic E-state index is 12.8. The molecular weight excluding hydrogens is 375 g/mol. The molecule has 0 aliphatic carbocycles. The normalized spacial score (nSPS) is 11.3. The number of methoxy groups -OCH3 is 1. The van der Waals surface area contributed by atoms with E-state index in [2.05, 4.69) is 20.7 Å². The summed E-state index contributed by atoms with van der Waals surface area (Å²) in [6, 6.07) is 11.8. The number of carbonyl (C=O) groups excluding carboxylic acids is 1. The van der Waals surface area contributed by atoms with E-state index in [1.807, 2.05) is 18.2 Å². The standard InChI is InChI=1S/C18H16F3N5O2/c1-28-15-8-3-2-5-13(15)10-22-16(27)11-26-24-17(23-25-26)12-6-4-7-14(9-12)18(19,20)21/h2-9H,10-11H2,1H3,(H,22,27). The van der Waals surface area contributed by atoms with E-state index in [4.69, 9.17) is 4.74 Å². The van der Waals surface area contributed by atoms with E-state index < -0.39 is 11.7 Å². The lowest BCUT2D eigenvalue weighted by molar-refractivity contribution is -0.137. The number of tetrazole rings is 1. The third-order valence-corrected chi connectivity index (χ3v) is 3.85. The molecule has 3 aromatic rings. The van der Waals surface area contributed by atoms with Gasteiger partial charge in [-0.2, -0.15) is 18.0 Å². The van der Waals surface area contributed by atoms with Gasteiger partial charge in [0.15, 0.2) is 0 Å². The van der Waals surface area contributed by atoms with Crippen molar-refractivity contribution in [2.24, 2.45) is 0 Å². The largest absolute Gasteiger partial charge is 0.496 e. The average molecular weight is 391 g/mol. The first-order chi connectivity index (χ1) is 13.4. The Morgan fingerprint density at radius 2 is 1.96 bits per heavy atom. The van der Waals surface area contributed by atoms with Crippen molar-refractivity contribution in [1.29, 1.82) is 0 Å². The molecule has 146 valence electrons. The number of hydrogen-bond donors (Lipinski definition) is 1. The topological polar surface area (TPSA) is 81.9 Å². The summed E-state index contributed by atoms with van der Waals surface area (Å²) in [5.41, 5.74) is 0.154. The molecule has 1 heterocycles. The molecule has 0 radical (unpaired) electrons. The molecule has 28 heavy (non-hydrogen) atoms. The Morgan fingerprint density at radius 3 is 2.71 bits per heavy atom. The minimum Gasteiger partial charge on any atom is -0.496 e. The molecule has 0 fully saturated rings. The number of rotatable bonds is 6. The molecule has 0 saturated carbocycles. The zero-order chi connectivity index (χ0) is 20.1. The van der Waals surface area contributed by atoms with Gasteiger partial charge in [0.25, 0.3) is 0 Å². The highest BCUT2D eigenvalue weighted by Gasteiger charge is 2.30. The van der Waals surface area contributed by atoms with Gasteiger partial charge in [-0.05, 0) is 23.4 Å². The Morgan fingerprint density at radius 1 is 1.18 bits per heavy atom. The van der Waals surface area contributed by atoms with E-state index in [0.29, 0.717) is 5.75 Å². The van der Waals surface area contributed by atoms with E-state index in [9.17, 15) is 18.0 Å². The minimum atomic E-state index is -4.47. The molecule has 0 aliphatic heterocycles. The van der Waals surface area contributed by atoms with Crippen LogP contribution in [0.25, 0.3) is 11.4 Å². The van der Waals surface area contributed by atoms with E-state index in [-0.39, 0.29) is 30.4 Å². The number of amides is 1. The van der Waals surface area contributed by atoms with Crippen LogP contribution in [-0.4, -0.2) is 33.2 Å². The Hall–Kier alpha value is -3.43. The number of halogens is 3. The third-order valence-electron chi connectivity index (χ3n) is 3.85. The Balaban J connectivity index is 1.64. The second-order valence-corrected chi connectivity index (χ2v) is 5.81. The first kappa shape index (κ1) is 19.3.